The molecule has 0 spiro atoms. The van der Waals surface area contributed by atoms with Gasteiger partial charge in [-0.05, 0) is 54.1 Å². The number of nitrogens with zero attached hydrogens (tertiary/aromatic N) is 2. The third-order valence-electron chi connectivity index (χ3n) is 5.31. The minimum absolute atomic E-state index is 0.0121. The van der Waals surface area contributed by atoms with Gasteiger partial charge in [-0.15, -0.1) is 0 Å². The fourth-order valence-corrected chi connectivity index (χ4v) is 4.55. The molecule has 0 aliphatic carbocycles. The van der Waals surface area contributed by atoms with Gasteiger partial charge >= 0.3 is 5.97 Å². The summed E-state index contributed by atoms with van der Waals surface area (Å²) in [6.07, 6.45) is 0.0121. The number of hydrogen-bond donors (Lipinski definition) is 2. The second-order valence-corrected chi connectivity index (χ2v) is 8.91. The summed E-state index contributed by atoms with van der Waals surface area (Å²) in [6.45, 7) is 0.340. The highest BCUT2D eigenvalue weighted by atomic mass is 32.2. The third kappa shape index (κ3) is 6.07. The van der Waals surface area contributed by atoms with E-state index in [2.05, 4.69) is 10.3 Å². The number of aromatic carboxylic acids is 1. The molecular formula is C26H23N3O5S. The molecule has 35 heavy (non-hydrogen) atoms. The number of anilines is 1. The first-order valence-corrected chi connectivity index (χ1v) is 11.7. The van der Waals surface area contributed by atoms with Crippen LogP contribution in [0.3, 0.4) is 0 Å². The van der Waals surface area contributed by atoms with Gasteiger partial charge in [-0.2, -0.15) is 0 Å². The van der Waals surface area contributed by atoms with Crippen LogP contribution in [-0.4, -0.2) is 45.3 Å². The van der Waals surface area contributed by atoms with Crippen LogP contribution >= 0.6 is 11.8 Å². The Kier molecular flexibility index (Phi) is 7.47. The molecule has 178 valence electrons. The lowest BCUT2D eigenvalue weighted by atomic mass is 10.2. The van der Waals surface area contributed by atoms with Crippen molar-refractivity contribution >= 4 is 46.1 Å². The molecule has 1 saturated heterocycles. The van der Waals surface area contributed by atoms with Crippen molar-refractivity contribution in [2.75, 3.05) is 12.4 Å². The molecule has 2 N–H and O–H groups in total. The van der Waals surface area contributed by atoms with Crippen LogP contribution in [-0.2, 0) is 16.1 Å². The van der Waals surface area contributed by atoms with Crippen molar-refractivity contribution in [3.63, 3.8) is 0 Å². The normalized spacial score (nSPS) is 16.7. The highest BCUT2D eigenvalue weighted by Gasteiger charge is 2.36. The maximum atomic E-state index is 13.2. The predicted molar refractivity (Wildman–Crippen MR) is 135 cm³/mol. The molecule has 1 aliphatic rings. The number of methoxy groups -OCH3 is 1. The van der Waals surface area contributed by atoms with Crippen molar-refractivity contribution in [3.05, 3.63) is 90.0 Å². The number of ether oxygens (including phenoxy) is 1. The molecule has 9 heteroatoms. The van der Waals surface area contributed by atoms with E-state index in [0.717, 1.165) is 5.56 Å². The highest BCUT2D eigenvalue weighted by molar-refractivity contribution is 8.15. The molecule has 8 nitrogen and oxygen atoms in total. The average Bonchev–Trinajstić information content (AvgIpc) is 2.87. The summed E-state index contributed by atoms with van der Waals surface area (Å²) in [4.78, 5) is 43.5. The van der Waals surface area contributed by atoms with Gasteiger partial charge in [-0.3, -0.25) is 14.5 Å². The number of amides is 2. The molecule has 0 saturated carbocycles. The maximum Gasteiger partial charge on any atom is 0.335 e. The van der Waals surface area contributed by atoms with Gasteiger partial charge in [-0.1, -0.05) is 42.1 Å². The molecule has 2 amide bonds. The predicted octanol–water partition coefficient (Wildman–Crippen LogP) is 4.55. The van der Waals surface area contributed by atoms with Gasteiger partial charge in [-0.25, -0.2) is 9.79 Å². The number of carboxylic acid groups (broad SMARTS) is 1. The first-order valence-electron chi connectivity index (χ1n) is 10.8. The smallest absolute Gasteiger partial charge is 0.335 e. The molecule has 0 radical (unpaired) electrons. The van der Waals surface area contributed by atoms with E-state index in [1.807, 2.05) is 30.3 Å². The second-order valence-electron chi connectivity index (χ2n) is 7.74. The van der Waals surface area contributed by atoms with Crippen molar-refractivity contribution in [3.8, 4) is 5.75 Å². The van der Waals surface area contributed by atoms with Gasteiger partial charge in [0.2, 0.25) is 11.8 Å². The Morgan fingerprint density at radius 1 is 1.06 bits per heavy atom. The van der Waals surface area contributed by atoms with Gasteiger partial charge in [0.05, 0.1) is 24.9 Å². The molecule has 0 bridgehead atoms. The second kappa shape index (κ2) is 10.9. The van der Waals surface area contributed by atoms with Crippen LogP contribution in [0.1, 0.15) is 22.3 Å². The Hall–Kier alpha value is -4.11. The molecule has 3 aromatic rings. The van der Waals surface area contributed by atoms with E-state index in [1.165, 1.54) is 36.0 Å². The number of benzene rings is 3. The summed E-state index contributed by atoms with van der Waals surface area (Å²) in [5.74, 6) is -0.919. The fourth-order valence-electron chi connectivity index (χ4n) is 3.45. The largest absolute Gasteiger partial charge is 0.497 e. The number of hydrogen-bond acceptors (Lipinski definition) is 6. The van der Waals surface area contributed by atoms with Crippen molar-refractivity contribution in [1.29, 1.82) is 0 Å². The van der Waals surface area contributed by atoms with Gasteiger partial charge in [0, 0.05) is 12.1 Å². The van der Waals surface area contributed by atoms with E-state index in [9.17, 15) is 14.4 Å². The minimum atomic E-state index is -1.05. The number of rotatable bonds is 7. The average molecular weight is 490 g/mol. The molecular weight excluding hydrogens is 466 g/mol. The number of carbonyl (C=O) groups is 3. The van der Waals surface area contributed by atoms with Gasteiger partial charge in [0.15, 0.2) is 5.17 Å². The lowest BCUT2D eigenvalue weighted by molar-refractivity contribution is -0.129. The van der Waals surface area contributed by atoms with E-state index in [1.54, 1.807) is 36.3 Å². The number of amidine groups is 1. The standard InChI is InChI=1S/C26H23N3O5S/c1-34-21-13-11-20(12-14-21)28-26-29(16-17-5-3-2-4-6-17)23(30)15-22(35-26)24(31)27-19-9-7-18(8-10-19)25(32)33/h2-14,22H,15-16H2,1H3,(H,27,31)(H,32,33)/t22-/m1/s1. The molecule has 1 fully saturated rings. The lowest BCUT2D eigenvalue weighted by Crippen LogP contribution is -2.44. The zero-order valence-corrected chi connectivity index (χ0v) is 19.7. The number of aliphatic imine (C=N–C) groups is 1. The molecule has 3 aromatic carbocycles. The van der Waals surface area contributed by atoms with Crippen LogP contribution in [0.4, 0.5) is 11.4 Å². The monoisotopic (exact) mass is 489 g/mol. The molecule has 0 aromatic heterocycles. The zero-order valence-electron chi connectivity index (χ0n) is 18.9. The van der Waals surface area contributed by atoms with Crippen LogP contribution in [0.2, 0.25) is 0 Å². The summed E-state index contributed by atoms with van der Waals surface area (Å²) in [5, 5.41) is 11.6. The van der Waals surface area contributed by atoms with E-state index in [0.29, 0.717) is 28.8 Å². The van der Waals surface area contributed by atoms with E-state index in [4.69, 9.17) is 9.84 Å². The van der Waals surface area contributed by atoms with Crippen LogP contribution in [0.5, 0.6) is 5.75 Å². The molecule has 4 rings (SSSR count). The third-order valence-corrected chi connectivity index (χ3v) is 6.50. The maximum absolute atomic E-state index is 13.2. The lowest BCUT2D eigenvalue weighted by Gasteiger charge is -2.32. The van der Waals surface area contributed by atoms with E-state index in [-0.39, 0.29) is 23.8 Å². The summed E-state index contributed by atoms with van der Waals surface area (Å²) in [7, 11) is 1.58. The minimum Gasteiger partial charge on any atom is -0.497 e. The fraction of sp³-hybridized carbons (Fsp3) is 0.154. The van der Waals surface area contributed by atoms with Gasteiger partial charge in [0.25, 0.3) is 0 Å². The number of thioether (sulfide) groups is 1. The van der Waals surface area contributed by atoms with Crippen LogP contribution < -0.4 is 10.1 Å². The number of carbonyl (C=O) groups excluding carboxylic acids is 2. The van der Waals surface area contributed by atoms with Crippen molar-refractivity contribution in [1.82, 2.24) is 4.90 Å². The topological polar surface area (TPSA) is 108 Å². The summed E-state index contributed by atoms with van der Waals surface area (Å²) >= 11 is 1.22. The van der Waals surface area contributed by atoms with E-state index < -0.39 is 11.2 Å². The van der Waals surface area contributed by atoms with Crippen LogP contribution in [0.25, 0.3) is 0 Å². The Bertz CT molecular complexity index is 1240. The van der Waals surface area contributed by atoms with Gasteiger partial charge in [0.1, 0.15) is 11.0 Å². The van der Waals surface area contributed by atoms with E-state index >= 15 is 0 Å². The van der Waals surface area contributed by atoms with Crippen molar-refractivity contribution < 1.29 is 24.2 Å². The highest BCUT2D eigenvalue weighted by Crippen LogP contribution is 2.31. The number of carboxylic acids is 1. The Morgan fingerprint density at radius 3 is 2.37 bits per heavy atom. The first-order chi connectivity index (χ1) is 16.9. The van der Waals surface area contributed by atoms with Crippen molar-refractivity contribution in [2.45, 2.75) is 18.2 Å². The Balaban J connectivity index is 1.57. The van der Waals surface area contributed by atoms with Crippen molar-refractivity contribution in [2.24, 2.45) is 4.99 Å². The van der Waals surface area contributed by atoms with Gasteiger partial charge < -0.3 is 15.2 Å². The summed E-state index contributed by atoms with van der Waals surface area (Å²) in [6, 6.07) is 22.6. The first kappa shape index (κ1) is 24.0. The Morgan fingerprint density at radius 2 is 1.74 bits per heavy atom. The Labute approximate surface area is 206 Å². The SMILES string of the molecule is COc1ccc(N=C2S[C@@H](C(=O)Nc3ccc(C(=O)O)cc3)CC(=O)N2Cc2ccccc2)cc1. The zero-order chi connectivity index (χ0) is 24.8. The summed E-state index contributed by atoms with van der Waals surface area (Å²) in [5.41, 5.74) is 2.15. The number of nitrogens with one attached hydrogen (secondary N) is 1. The molecule has 1 aliphatic heterocycles. The molecule has 0 unspecified atom stereocenters. The summed E-state index contributed by atoms with van der Waals surface area (Å²) < 4.78 is 5.20. The quantitative estimate of drug-likeness (QED) is 0.504. The molecule has 1 heterocycles. The molecule has 1 atom stereocenters. The van der Waals surface area contributed by atoms with Crippen LogP contribution in [0, 0.1) is 0 Å². The van der Waals surface area contributed by atoms with Crippen LogP contribution in [0.15, 0.2) is 83.9 Å².